The van der Waals surface area contributed by atoms with Gasteiger partial charge < -0.3 is 9.22 Å². The second-order valence-electron chi connectivity index (χ2n) is 3.98. The van der Waals surface area contributed by atoms with Crippen molar-refractivity contribution < 1.29 is 14.0 Å². The molecule has 0 aliphatic carbocycles. The molecule has 0 rings (SSSR count). The van der Waals surface area contributed by atoms with Crippen LogP contribution in [0.1, 0.15) is 19.8 Å². The molecule has 0 spiro atoms. The van der Waals surface area contributed by atoms with Crippen LogP contribution in [0.2, 0.25) is 0 Å². The summed E-state index contributed by atoms with van der Waals surface area (Å²) in [7, 11) is 6.23. The summed E-state index contributed by atoms with van der Waals surface area (Å²) in [5, 5.41) is 0. The van der Waals surface area contributed by atoms with Gasteiger partial charge in [0.05, 0.1) is 21.1 Å². The van der Waals surface area contributed by atoms with Crippen molar-refractivity contribution in [3.63, 3.8) is 0 Å². The molecule has 0 amide bonds. The molecule has 0 aliphatic heterocycles. The minimum Gasteiger partial charge on any atom is -0.460 e. The first-order valence-corrected chi connectivity index (χ1v) is 4.42. The van der Waals surface area contributed by atoms with Crippen molar-refractivity contribution in [1.82, 2.24) is 0 Å². The second-order valence-corrected chi connectivity index (χ2v) is 3.98. The summed E-state index contributed by atoms with van der Waals surface area (Å²) in [6, 6.07) is 0. The standard InChI is InChI=1S/C9H20NO2.P/c1-5-6-9(11)12-8-7-10(2,3)4;/h5-8H2,1-4H3;/q+1;+3. The Bertz CT molecular complexity index is 143. The predicted molar refractivity (Wildman–Crippen MR) is 55.7 cm³/mol. The first-order valence-electron chi connectivity index (χ1n) is 4.42. The molecule has 13 heavy (non-hydrogen) atoms. The van der Waals surface area contributed by atoms with Crippen LogP contribution in [0.25, 0.3) is 0 Å². The van der Waals surface area contributed by atoms with Gasteiger partial charge in [-0.3, -0.25) is 4.79 Å². The number of nitrogens with zero attached hydrogens (tertiary/aromatic N) is 1. The Morgan fingerprint density at radius 1 is 1.31 bits per heavy atom. The van der Waals surface area contributed by atoms with Crippen LogP contribution in [-0.2, 0) is 9.53 Å². The normalized spacial score (nSPS) is 10.5. The zero-order valence-electron chi connectivity index (χ0n) is 9.04. The van der Waals surface area contributed by atoms with Gasteiger partial charge in [-0.1, -0.05) is 6.92 Å². The van der Waals surface area contributed by atoms with Gasteiger partial charge >= 0.3 is 15.9 Å². The van der Waals surface area contributed by atoms with Crippen LogP contribution in [0.3, 0.4) is 0 Å². The molecule has 0 saturated carbocycles. The monoisotopic (exact) mass is 205 g/mol. The number of ether oxygens (including phenoxy) is 1. The van der Waals surface area contributed by atoms with Crippen molar-refractivity contribution in [3.8, 4) is 0 Å². The van der Waals surface area contributed by atoms with E-state index in [0.717, 1.165) is 17.4 Å². The molecule has 0 atom stereocenters. The molecule has 0 N–H and O–H groups in total. The fraction of sp³-hybridized carbons (Fsp3) is 0.889. The van der Waals surface area contributed by atoms with Gasteiger partial charge in [0.25, 0.3) is 0 Å². The van der Waals surface area contributed by atoms with Crippen LogP contribution in [0.4, 0.5) is 0 Å². The molecule has 0 fully saturated rings. The van der Waals surface area contributed by atoms with Gasteiger partial charge in [0.15, 0.2) is 0 Å². The van der Waals surface area contributed by atoms with Gasteiger partial charge in [-0.2, -0.15) is 0 Å². The Morgan fingerprint density at radius 2 is 1.85 bits per heavy atom. The van der Waals surface area contributed by atoms with E-state index in [1.165, 1.54) is 0 Å². The molecule has 0 aromatic rings. The van der Waals surface area contributed by atoms with Gasteiger partial charge in [0.1, 0.15) is 13.2 Å². The van der Waals surface area contributed by atoms with E-state index < -0.39 is 0 Å². The van der Waals surface area contributed by atoms with Crippen molar-refractivity contribution in [1.29, 1.82) is 0 Å². The van der Waals surface area contributed by atoms with Crippen molar-refractivity contribution >= 4 is 15.9 Å². The zero-order valence-corrected chi connectivity index (χ0v) is 9.93. The summed E-state index contributed by atoms with van der Waals surface area (Å²) >= 11 is 0. The predicted octanol–water partition coefficient (Wildman–Crippen LogP) is 1.90. The Morgan fingerprint density at radius 3 is 2.23 bits per heavy atom. The summed E-state index contributed by atoms with van der Waals surface area (Å²) in [4.78, 5) is 10.9. The van der Waals surface area contributed by atoms with E-state index in [4.69, 9.17) is 4.74 Å². The molecule has 0 bridgehead atoms. The summed E-state index contributed by atoms with van der Waals surface area (Å²) in [5.41, 5.74) is 0. The molecule has 0 aliphatic rings. The van der Waals surface area contributed by atoms with E-state index in [1.807, 2.05) is 6.92 Å². The maximum Gasteiger partial charge on any atom is 3.00 e. The van der Waals surface area contributed by atoms with Crippen LogP contribution in [0, 0.1) is 0 Å². The summed E-state index contributed by atoms with van der Waals surface area (Å²) < 4.78 is 5.84. The Kier molecular flexibility index (Phi) is 8.59. The largest absolute Gasteiger partial charge is 3.00 e. The fourth-order valence-electron chi connectivity index (χ4n) is 0.710. The number of esters is 1. The molecular formula is C9H20NO2P+4. The first kappa shape index (κ1) is 15.3. The topological polar surface area (TPSA) is 26.3 Å². The molecule has 0 unspecified atom stereocenters. The van der Waals surface area contributed by atoms with Crippen molar-refractivity contribution in [2.75, 3.05) is 34.3 Å². The third-order valence-electron chi connectivity index (χ3n) is 1.48. The Hall–Kier alpha value is -0.140. The third-order valence-corrected chi connectivity index (χ3v) is 1.48. The second kappa shape index (κ2) is 7.28. The molecule has 3 nitrogen and oxygen atoms in total. The average Bonchev–Trinajstić information content (AvgIpc) is 1.84. The van der Waals surface area contributed by atoms with E-state index in [0.29, 0.717) is 13.0 Å². The summed E-state index contributed by atoms with van der Waals surface area (Å²) in [5.74, 6) is -0.0778. The molecular weight excluding hydrogens is 185 g/mol. The van der Waals surface area contributed by atoms with Crippen molar-refractivity contribution in [2.45, 2.75) is 19.8 Å². The number of rotatable bonds is 5. The van der Waals surface area contributed by atoms with Gasteiger partial charge in [-0.25, -0.2) is 0 Å². The molecule has 4 heteroatoms. The van der Waals surface area contributed by atoms with Gasteiger partial charge in [0, 0.05) is 6.42 Å². The summed E-state index contributed by atoms with van der Waals surface area (Å²) in [6.07, 6.45) is 1.40. The number of carbonyl (C=O) groups excluding carboxylic acids is 1. The Labute approximate surface area is 84.7 Å². The quantitative estimate of drug-likeness (QED) is 0.389. The molecule has 74 valence electrons. The van der Waals surface area contributed by atoms with Gasteiger partial charge in [0.2, 0.25) is 0 Å². The third kappa shape index (κ3) is 11.9. The zero-order chi connectivity index (χ0) is 9.61. The SMILES string of the molecule is CCCC(=O)OCC[N+](C)(C)C.[P+3]. The van der Waals surface area contributed by atoms with Gasteiger partial charge in [-0.05, 0) is 6.42 Å². The molecule has 0 aromatic carbocycles. The minimum absolute atomic E-state index is 0. The maximum atomic E-state index is 10.9. The minimum atomic E-state index is -0.0778. The van der Waals surface area contributed by atoms with Crippen molar-refractivity contribution in [3.05, 3.63) is 0 Å². The number of carbonyl (C=O) groups is 1. The molecule has 0 heterocycles. The van der Waals surface area contributed by atoms with E-state index in [2.05, 4.69) is 21.1 Å². The Balaban J connectivity index is 0. The first-order chi connectivity index (χ1) is 5.45. The van der Waals surface area contributed by atoms with Crippen LogP contribution in [-0.4, -0.2) is 44.7 Å². The van der Waals surface area contributed by atoms with Crippen LogP contribution < -0.4 is 0 Å². The van der Waals surface area contributed by atoms with E-state index in [9.17, 15) is 4.79 Å². The number of hydrogen-bond acceptors (Lipinski definition) is 2. The van der Waals surface area contributed by atoms with E-state index >= 15 is 0 Å². The van der Waals surface area contributed by atoms with Crippen LogP contribution in [0.5, 0.6) is 0 Å². The van der Waals surface area contributed by atoms with E-state index in [1.54, 1.807) is 0 Å². The summed E-state index contributed by atoms with van der Waals surface area (Å²) in [6.45, 7) is 3.37. The van der Waals surface area contributed by atoms with Crippen molar-refractivity contribution in [2.24, 2.45) is 0 Å². The van der Waals surface area contributed by atoms with Crippen LogP contribution in [0.15, 0.2) is 0 Å². The van der Waals surface area contributed by atoms with Crippen LogP contribution >= 0.6 is 9.90 Å². The number of hydrogen-bond donors (Lipinski definition) is 0. The average molecular weight is 205 g/mol. The fourth-order valence-corrected chi connectivity index (χ4v) is 0.710. The van der Waals surface area contributed by atoms with E-state index in [-0.39, 0.29) is 15.9 Å². The molecule has 0 saturated heterocycles. The number of quaternary nitrogens is 1. The molecule has 0 aromatic heterocycles. The smallest absolute Gasteiger partial charge is 0.460 e. The number of likely N-dealkylation sites (N-methyl/N-ethyl adjacent to an activating group) is 1. The van der Waals surface area contributed by atoms with Gasteiger partial charge in [-0.15, -0.1) is 0 Å². The maximum absolute atomic E-state index is 10.9. The molecule has 2 radical (unpaired) electrons.